The quantitative estimate of drug-likeness (QED) is 0.557. The maximum absolute atomic E-state index is 11.4. The number of esters is 1. The van der Waals surface area contributed by atoms with Gasteiger partial charge in [0.15, 0.2) is 0 Å². The minimum atomic E-state index is -0.0325. The molecule has 66 valence electrons. The van der Waals surface area contributed by atoms with Crippen LogP contribution in [-0.2, 0) is 16.0 Å². The van der Waals surface area contributed by atoms with Crippen LogP contribution in [0.5, 0.6) is 0 Å². The summed E-state index contributed by atoms with van der Waals surface area (Å²) in [6.45, 7) is 0.609. The summed E-state index contributed by atoms with van der Waals surface area (Å²) in [6, 6.07) is 8.19. The zero-order chi connectivity index (χ0) is 8.84. The van der Waals surface area contributed by atoms with Crippen LogP contribution in [0.1, 0.15) is 17.0 Å². The highest BCUT2D eigenvalue weighted by Crippen LogP contribution is 2.42. The van der Waals surface area contributed by atoms with E-state index in [0.29, 0.717) is 12.5 Å². The Morgan fingerprint density at radius 3 is 3.08 bits per heavy atom. The van der Waals surface area contributed by atoms with Gasteiger partial charge in [-0.1, -0.05) is 24.3 Å². The molecule has 0 unspecified atom stereocenters. The van der Waals surface area contributed by atoms with Gasteiger partial charge < -0.3 is 4.74 Å². The first kappa shape index (κ1) is 7.13. The Kier molecular flexibility index (Phi) is 1.29. The molecule has 2 heteroatoms. The smallest absolute Gasteiger partial charge is 0.313 e. The molecule has 1 aromatic carbocycles. The molecule has 2 nitrogen and oxygen atoms in total. The second-order valence-electron chi connectivity index (χ2n) is 3.77. The van der Waals surface area contributed by atoms with E-state index in [1.807, 2.05) is 18.2 Å². The molecule has 0 N–H and O–H groups in total. The summed E-state index contributed by atoms with van der Waals surface area (Å²) >= 11 is 0. The maximum Gasteiger partial charge on any atom is 0.313 e. The molecule has 2 atom stereocenters. The Labute approximate surface area is 76.5 Å². The van der Waals surface area contributed by atoms with Crippen LogP contribution in [0.15, 0.2) is 24.3 Å². The number of ether oxygens (including phenoxy) is 1. The Morgan fingerprint density at radius 2 is 2.15 bits per heavy atom. The summed E-state index contributed by atoms with van der Waals surface area (Å²) in [5.41, 5.74) is 2.52. The van der Waals surface area contributed by atoms with Crippen molar-refractivity contribution in [2.24, 2.45) is 5.92 Å². The SMILES string of the molecule is O=C1OC[C@@H]2Cc3ccccc3[C@H]12. The van der Waals surface area contributed by atoms with Crippen molar-refractivity contribution in [1.82, 2.24) is 0 Å². The van der Waals surface area contributed by atoms with Crippen LogP contribution >= 0.6 is 0 Å². The van der Waals surface area contributed by atoms with Crippen LogP contribution in [0.3, 0.4) is 0 Å². The maximum atomic E-state index is 11.4. The van der Waals surface area contributed by atoms with Crippen LogP contribution in [0.25, 0.3) is 0 Å². The van der Waals surface area contributed by atoms with Gasteiger partial charge in [0, 0.05) is 5.92 Å². The van der Waals surface area contributed by atoms with Gasteiger partial charge in [0.25, 0.3) is 0 Å². The third kappa shape index (κ3) is 0.857. The predicted molar refractivity (Wildman–Crippen MR) is 47.3 cm³/mol. The summed E-state index contributed by atoms with van der Waals surface area (Å²) in [4.78, 5) is 11.4. The zero-order valence-electron chi connectivity index (χ0n) is 7.19. The average Bonchev–Trinajstić information content (AvgIpc) is 2.66. The van der Waals surface area contributed by atoms with E-state index < -0.39 is 0 Å². The van der Waals surface area contributed by atoms with E-state index in [9.17, 15) is 4.79 Å². The molecular formula is C11H10O2. The molecule has 3 rings (SSSR count). The fraction of sp³-hybridized carbons (Fsp3) is 0.364. The second kappa shape index (κ2) is 2.34. The third-order valence-electron chi connectivity index (χ3n) is 3.04. The molecule has 1 fully saturated rings. The van der Waals surface area contributed by atoms with Crippen molar-refractivity contribution in [3.63, 3.8) is 0 Å². The number of carbonyl (C=O) groups excluding carboxylic acids is 1. The van der Waals surface area contributed by atoms with Gasteiger partial charge in [-0.3, -0.25) is 4.79 Å². The molecular weight excluding hydrogens is 164 g/mol. The van der Waals surface area contributed by atoms with Crippen molar-refractivity contribution in [3.05, 3.63) is 35.4 Å². The number of rotatable bonds is 0. The first-order valence-corrected chi connectivity index (χ1v) is 4.61. The van der Waals surface area contributed by atoms with Gasteiger partial charge >= 0.3 is 5.97 Å². The van der Waals surface area contributed by atoms with Crippen molar-refractivity contribution in [3.8, 4) is 0 Å². The highest BCUT2D eigenvalue weighted by molar-refractivity contribution is 5.82. The van der Waals surface area contributed by atoms with E-state index in [-0.39, 0.29) is 11.9 Å². The van der Waals surface area contributed by atoms with E-state index in [4.69, 9.17) is 4.74 Å². The van der Waals surface area contributed by atoms with Gasteiger partial charge in [0.2, 0.25) is 0 Å². The minimum Gasteiger partial charge on any atom is -0.465 e. The van der Waals surface area contributed by atoms with Crippen molar-refractivity contribution in [2.45, 2.75) is 12.3 Å². The fourth-order valence-corrected chi connectivity index (χ4v) is 2.43. The van der Waals surface area contributed by atoms with Crippen molar-refractivity contribution >= 4 is 5.97 Å². The van der Waals surface area contributed by atoms with E-state index in [1.54, 1.807) is 0 Å². The Hall–Kier alpha value is -1.31. The van der Waals surface area contributed by atoms with Crippen LogP contribution in [0, 0.1) is 5.92 Å². The Bertz CT molecular complexity index is 370. The molecule has 1 heterocycles. The minimum absolute atomic E-state index is 0.0325. The van der Waals surface area contributed by atoms with Crippen molar-refractivity contribution in [1.29, 1.82) is 0 Å². The molecule has 1 aliphatic heterocycles. The van der Waals surface area contributed by atoms with Crippen LogP contribution < -0.4 is 0 Å². The van der Waals surface area contributed by atoms with Gasteiger partial charge in [-0.05, 0) is 17.5 Å². The highest BCUT2D eigenvalue weighted by atomic mass is 16.5. The van der Waals surface area contributed by atoms with Crippen LogP contribution in [-0.4, -0.2) is 12.6 Å². The second-order valence-corrected chi connectivity index (χ2v) is 3.77. The molecule has 13 heavy (non-hydrogen) atoms. The van der Waals surface area contributed by atoms with E-state index in [2.05, 4.69) is 6.07 Å². The van der Waals surface area contributed by atoms with Crippen molar-refractivity contribution < 1.29 is 9.53 Å². The lowest BCUT2D eigenvalue weighted by Crippen LogP contribution is -2.07. The first-order chi connectivity index (χ1) is 6.36. The third-order valence-corrected chi connectivity index (χ3v) is 3.04. The molecule has 1 aliphatic carbocycles. The van der Waals surface area contributed by atoms with Crippen LogP contribution in [0.4, 0.5) is 0 Å². The zero-order valence-corrected chi connectivity index (χ0v) is 7.19. The number of fused-ring (bicyclic) bond motifs is 3. The molecule has 0 amide bonds. The van der Waals surface area contributed by atoms with E-state index in [1.165, 1.54) is 11.1 Å². The fourth-order valence-electron chi connectivity index (χ4n) is 2.43. The van der Waals surface area contributed by atoms with Crippen LogP contribution in [0.2, 0.25) is 0 Å². The summed E-state index contributed by atoms with van der Waals surface area (Å²) in [7, 11) is 0. The highest BCUT2D eigenvalue weighted by Gasteiger charge is 2.43. The average molecular weight is 174 g/mol. The summed E-state index contributed by atoms with van der Waals surface area (Å²) in [6.07, 6.45) is 1.01. The summed E-state index contributed by atoms with van der Waals surface area (Å²) in [5, 5.41) is 0. The number of benzene rings is 1. The molecule has 2 aliphatic rings. The number of hydrogen-bond acceptors (Lipinski definition) is 2. The lowest BCUT2D eigenvalue weighted by Gasteiger charge is -2.03. The molecule has 1 aromatic rings. The predicted octanol–water partition coefficient (Wildman–Crippen LogP) is 1.50. The summed E-state index contributed by atoms with van der Waals surface area (Å²) in [5.74, 6) is 0.413. The number of carbonyl (C=O) groups is 1. The monoisotopic (exact) mass is 174 g/mol. The lowest BCUT2D eigenvalue weighted by molar-refractivity contribution is -0.139. The first-order valence-electron chi connectivity index (χ1n) is 4.61. The molecule has 0 bridgehead atoms. The van der Waals surface area contributed by atoms with Crippen molar-refractivity contribution in [2.75, 3.05) is 6.61 Å². The van der Waals surface area contributed by atoms with Gasteiger partial charge in [-0.25, -0.2) is 0 Å². The Balaban J connectivity index is 2.13. The standard InChI is InChI=1S/C11H10O2/c12-11-10-8(6-13-11)5-7-3-1-2-4-9(7)10/h1-4,8,10H,5-6H2/t8-,10+/m0/s1. The summed E-state index contributed by atoms with van der Waals surface area (Å²) < 4.78 is 5.04. The normalized spacial score (nSPS) is 29.7. The largest absolute Gasteiger partial charge is 0.465 e. The molecule has 0 saturated carbocycles. The molecule has 0 aromatic heterocycles. The lowest BCUT2D eigenvalue weighted by atomic mass is 9.96. The Morgan fingerprint density at radius 1 is 1.31 bits per heavy atom. The van der Waals surface area contributed by atoms with Gasteiger partial charge in [0.05, 0.1) is 12.5 Å². The molecule has 0 radical (unpaired) electrons. The van der Waals surface area contributed by atoms with E-state index in [0.717, 1.165) is 6.42 Å². The van der Waals surface area contributed by atoms with Gasteiger partial charge in [-0.15, -0.1) is 0 Å². The molecule has 1 saturated heterocycles. The number of cyclic esters (lactones) is 1. The number of hydrogen-bond donors (Lipinski definition) is 0. The van der Waals surface area contributed by atoms with Gasteiger partial charge in [0.1, 0.15) is 0 Å². The molecule has 0 spiro atoms. The van der Waals surface area contributed by atoms with E-state index >= 15 is 0 Å². The van der Waals surface area contributed by atoms with Gasteiger partial charge in [-0.2, -0.15) is 0 Å². The topological polar surface area (TPSA) is 26.3 Å².